The topological polar surface area (TPSA) is 66.5 Å². The van der Waals surface area contributed by atoms with E-state index in [1.807, 2.05) is 0 Å². The first-order valence-corrected chi connectivity index (χ1v) is 8.04. The summed E-state index contributed by atoms with van der Waals surface area (Å²) >= 11 is 4.63. The molecule has 1 saturated heterocycles. The summed E-state index contributed by atoms with van der Waals surface area (Å²) < 4.78 is 13.8. The van der Waals surface area contributed by atoms with Crippen LogP contribution in [0.25, 0.3) is 6.08 Å². The average Bonchev–Trinajstić information content (AvgIpc) is 2.91. The van der Waals surface area contributed by atoms with E-state index in [0.29, 0.717) is 4.88 Å². The standard InChI is InChI=1S/C15H8BrFN2O3S/c16-8-5-11(23-7-8)6-12-13(20)18-15(22)19(14(12)21)10-3-1-9(17)2-4-10/h1-7H,(H,18,20,22)/b12-6+. The monoisotopic (exact) mass is 394 g/mol. The van der Waals surface area contributed by atoms with Gasteiger partial charge >= 0.3 is 6.03 Å². The number of halogens is 2. The van der Waals surface area contributed by atoms with Crippen LogP contribution in [-0.4, -0.2) is 17.8 Å². The molecule has 5 nitrogen and oxygen atoms in total. The van der Waals surface area contributed by atoms with Gasteiger partial charge in [-0.1, -0.05) is 0 Å². The summed E-state index contributed by atoms with van der Waals surface area (Å²) in [5.41, 5.74) is 0.0166. The normalized spacial score (nSPS) is 16.9. The average molecular weight is 395 g/mol. The first kappa shape index (κ1) is 15.6. The molecule has 0 saturated carbocycles. The third kappa shape index (κ3) is 3.08. The highest BCUT2D eigenvalue weighted by atomic mass is 79.9. The Morgan fingerprint density at radius 3 is 2.48 bits per heavy atom. The molecular weight excluding hydrogens is 387 g/mol. The molecule has 1 aromatic carbocycles. The van der Waals surface area contributed by atoms with Gasteiger partial charge in [-0.2, -0.15) is 0 Å². The number of benzene rings is 1. The molecule has 23 heavy (non-hydrogen) atoms. The minimum Gasteiger partial charge on any atom is -0.273 e. The lowest BCUT2D eigenvalue weighted by Gasteiger charge is -2.26. The van der Waals surface area contributed by atoms with Gasteiger partial charge in [0.1, 0.15) is 11.4 Å². The minimum absolute atomic E-state index is 0.164. The minimum atomic E-state index is -0.865. The molecular formula is C15H8BrFN2O3S. The molecule has 0 radical (unpaired) electrons. The number of hydrogen-bond donors (Lipinski definition) is 1. The number of carbonyl (C=O) groups is 3. The lowest BCUT2D eigenvalue weighted by Crippen LogP contribution is -2.54. The van der Waals surface area contributed by atoms with Gasteiger partial charge in [-0.05, 0) is 52.3 Å². The van der Waals surface area contributed by atoms with Gasteiger partial charge in [0.25, 0.3) is 11.8 Å². The smallest absolute Gasteiger partial charge is 0.273 e. The van der Waals surface area contributed by atoms with E-state index in [9.17, 15) is 18.8 Å². The molecule has 1 aliphatic heterocycles. The van der Waals surface area contributed by atoms with Crippen molar-refractivity contribution < 1.29 is 18.8 Å². The molecule has 2 aromatic rings. The van der Waals surface area contributed by atoms with E-state index in [1.165, 1.54) is 29.5 Å². The highest BCUT2D eigenvalue weighted by molar-refractivity contribution is 9.10. The lowest BCUT2D eigenvalue weighted by atomic mass is 10.1. The van der Waals surface area contributed by atoms with Crippen molar-refractivity contribution in [1.82, 2.24) is 5.32 Å². The number of nitrogens with one attached hydrogen (secondary N) is 1. The van der Waals surface area contributed by atoms with Crippen molar-refractivity contribution >= 4 is 56.9 Å². The molecule has 0 unspecified atom stereocenters. The van der Waals surface area contributed by atoms with Crippen molar-refractivity contribution in [1.29, 1.82) is 0 Å². The predicted octanol–water partition coefficient (Wildman–Crippen LogP) is 3.32. The summed E-state index contributed by atoms with van der Waals surface area (Å²) in [7, 11) is 0. The van der Waals surface area contributed by atoms with Gasteiger partial charge in [0.2, 0.25) is 0 Å². The van der Waals surface area contributed by atoms with Gasteiger partial charge in [-0.3, -0.25) is 14.9 Å². The van der Waals surface area contributed by atoms with Crippen LogP contribution < -0.4 is 10.2 Å². The van der Waals surface area contributed by atoms with Crippen molar-refractivity contribution in [2.75, 3.05) is 4.90 Å². The Hall–Kier alpha value is -2.32. The van der Waals surface area contributed by atoms with Crippen molar-refractivity contribution in [2.24, 2.45) is 0 Å². The maximum atomic E-state index is 13.0. The summed E-state index contributed by atoms with van der Waals surface area (Å²) in [5, 5.41) is 3.91. The van der Waals surface area contributed by atoms with Crippen LogP contribution >= 0.6 is 27.3 Å². The number of anilines is 1. The molecule has 1 aliphatic rings. The van der Waals surface area contributed by atoms with Gasteiger partial charge in [0.05, 0.1) is 5.69 Å². The molecule has 0 aliphatic carbocycles. The maximum Gasteiger partial charge on any atom is 0.335 e. The van der Waals surface area contributed by atoms with Gasteiger partial charge in [0, 0.05) is 14.7 Å². The van der Waals surface area contributed by atoms with E-state index in [4.69, 9.17) is 0 Å². The van der Waals surface area contributed by atoms with Crippen LogP contribution in [0.15, 0.2) is 45.8 Å². The number of rotatable bonds is 2. The summed E-state index contributed by atoms with van der Waals surface area (Å²) in [5.74, 6) is -2.01. The Labute approximate surface area is 142 Å². The first-order chi connectivity index (χ1) is 11.0. The zero-order valence-corrected chi connectivity index (χ0v) is 13.8. The molecule has 0 atom stereocenters. The van der Waals surface area contributed by atoms with Gasteiger partial charge < -0.3 is 0 Å². The molecule has 0 spiro atoms. The fourth-order valence-electron chi connectivity index (χ4n) is 2.03. The number of barbiturate groups is 1. The molecule has 1 N–H and O–H groups in total. The SMILES string of the molecule is O=C1NC(=O)N(c2ccc(F)cc2)C(=O)/C1=C/c1cc(Br)cs1. The Morgan fingerprint density at radius 1 is 1.17 bits per heavy atom. The molecule has 1 aromatic heterocycles. The molecule has 4 amide bonds. The molecule has 8 heteroatoms. The van der Waals surface area contributed by atoms with E-state index in [1.54, 1.807) is 11.4 Å². The van der Waals surface area contributed by atoms with E-state index < -0.39 is 23.7 Å². The van der Waals surface area contributed by atoms with Crippen LogP contribution in [0.5, 0.6) is 0 Å². The number of thiophene rings is 1. The summed E-state index contributed by atoms with van der Waals surface area (Å²) in [6.45, 7) is 0. The first-order valence-electron chi connectivity index (χ1n) is 6.37. The van der Waals surface area contributed by atoms with Gasteiger partial charge in [-0.15, -0.1) is 11.3 Å². The highest BCUT2D eigenvalue weighted by Crippen LogP contribution is 2.25. The highest BCUT2D eigenvalue weighted by Gasteiger charge is 2.36. The van der Waals surface area contributed by atoms with E-state index in [-0.39, 0.29) is 11.3 Å². The van der Waals surface area contributed by atoms with Crippen LogP contribution in [0.2, 0.25) is 0 Å². The largest absolute Gasteiger partial charge is 0.335 e. The Bertz CT molecular complexity index is 845. The van der Waals surface area contributed by atoms with E-state index in [0.717, 1.165) is 21.5 Å². The number of imide groups is 2. The third-order valence-corrected chi connectivity index (χ3v) is 4.70. The molecule has 3 rings (SSSR count). The summed E-state index contributed by atoms with van der Waals surface area (Å²) in [4.78, 5) is 37.9. The number of nitrogens with zero attached hydrogens (tertiary/aromatic N) is 1. The molecule has 2 heterocycles. The van der Waals surface area contributed by atoms with Crippen molar-refractivity contribution in [3.8, 4) is 0 Å². The van der Waals surface area contributed by atoms with Crippen molar-refractivity contribution in [3.05, 3.63) is 56.5 Å². The lowest BCUT2D eigenvalue weighted by molar-refractivity contribution is -0.122. The number of hydrogen-bond acceptors (Lipinski definition) is 4. The quantitative estimate of drug-likeness (QED) is 0.627. The van der Waals surface area contributed by atoms with Crippen LogP contribution in [0.4, 0.5) is 14.9 Å². The van der Waals surface area contributed by atoms with Crippen molar-refractivity contribution in [3.63, 3.8) is 0 Å². The predicted molar refractivity (Wildman–Crippen MR) is 87.4 cm³/mol. The third-order valence-electron chi connectivity index (χ3n) is 3.06. The van der Waals surface area contributed by atoms with Crippen molar-refractivity contribution in [2.45, 2.75) is 0 Å². The zero-order valence-electron chi connectivity index (χ0n) is 11.4. The Morgan fingerprint density at radius 2 is 1.87 bits per heavy atom. The Kier molecular flexibility index (Phi) is 4.10. The maximum absolute atomic E-state index is 13.0. The number of urea groups is 1. The van der Waals surface area contributed by atoms with Crippen LogP contribution in [0.1, 0.15) is 4.88 Å². The fraction of sp³-hybridized carbons (Fsp3) is 0. The molecule has 116 valence electrons. The van der Waals surface area contributed by atoms with E-state index in [2.05, 4.69) is 21.2 Å². The van der Waals surface area contributed by atoms with Gasteiger partial charge in [-0.25, -0.2) is 14.1 Å². The van der Waals surface area contributed by atoms with E-state index >= 15 is 0 Å². The van der Waals surface area contributed by atoms with Crippen LogP contribution in [-0.2, 0) is 9.59 Å². The second kappa shape index (κ2) is 6.05. The van der Waals surface area contributed by atoms with Crippen LogP contribution in [0, 0.1) is 5.82 Å². The molecule has 1 fully saturated rings. The Balaban J connectivity index is 2.00. The summed E-state index contributed by atoms with van der Waals surface area (Å²) in [6, 6.07) is 5.73. The second-order valence-electron chi connectivity index (χ2n) is 4.60. The summed E-state index contributed by atoms with van der Waals surface area (Å²) in [6.07, 6.45) is 1.41. The van der Waals surface area contributed by atoms with Gasteiger partial charge in [0.15, 0.2) is 0 Å². The fourth-order valence-corrected chi connectivity index (χ4v) is 3.40. The zero-order chi connectivity index (χ0) is 16.6. The second-order valence-corrected chi connectivity index (χ2v) is 6.46. The molecule has 0 bridgehead atoms. The number of amides is 4. The van der Waals surface area contributed by atoms with Crippen LogP contribution in [0.3, 0.4) is 0 Å². The number of carbonyl (C=O) groups excluding carboxylic acids is 3.